The summed E-state index contributed by atoms with van der Waals surface area (Å²) in [4.78, 5) is 0.368. The molecule has 0 aliphatic heterocycles. The minimum atomic E-state index is -3.44. The molecule has 0 saturated heterocycles. The predicted octanol–water partition coefficient (Wildman–Crippen LogP) is 2.13. The average Bonchev–Trinajstić information content (AvgIpc) is 2.46. The molecule has 0 fully saturated rings. The summed E-state index contributed by atoms with van der Waals surface area (Å²) in [7, 11) is -3.44. The Morgan fingerprint density at radius 1 is 1.30 bits per heavy atom. The molecule has 0 spiro atoms. The monoisotopic (exact) mass is 316 g/mol. The molecule has 6 heteroatoms. The Hall–Kier alpha value is -0.560. The smallest absolute Gasteiger partial charge is 0.240 e. The summed E-state index contributed by atoms with van der Waals surface area (Å²) in [5, 5.41) is 0. The molecule has 114 valence electrons. The van der Waals surface area contributed by atoms with Gasteiger partial charge in [-0.15, -0.1) is 0 Å². The Morgan fingerprint density at radius 2 is 2.05 bits per heavy atom. The van der Waals surface area contributed by atoms with Gasteiger partial charge in [-0.3, -0.25) is 0 Å². The van der Waals surface area contributed by atoms with E-state index in [1.165, 1.54) is 0 Å². The van der Waals surface area contributed by atoms with Crippen molar-refractivity contribution in [2.45, 2.75) is 37.6 Å². The number of thioether (sulfide) groups is 1. The maximum Gasteiger partial charge on any atom is 0.240 e. The van der Waals surface area contributed by atoms with Crippen LogP contribution in [0.5, 0.6) is 0 Å². The molecule has 0 aromatic heterocycles. The normalized spacial score (nSPS) is 11.8. The van der Waals surface area contributed by atoms with Crippen LogP contribution < -0.4 is 10.5 Å². The van der Waals surface area contributed by atoms with Crippen LogP contribution in [-0.2, 0) is 23.0 Å². The van der Waals surface area contributed by atoms with Crippen molar-refractivity contribution >= 4 is 21.8 Å². The second kappa shape index (κ2) is 8.67. The van der Waals surface area contributed by atoms with Gasteiger partial charge >= 0.3 is 0 Å². The van der Waals surface area contributed by atoms with Crippen LogP contribution in [0.15, 0.2) is 23.1 Å². The van der Waals surface area contributed by atoms with Crippen LogP contribution in [0.1, 0.15) is 30.9 Å². The molecule has 1 aromatic rings. The zero-order chi connectivity index (χ0) is 15.0. The predicted molar refractivity (Wildman–Crippen MR) is 86.5 cm³/mol. The lowest BCUT2D eigenvalue weighted by Crippen LogP contribution is -2.26. The van der Waals surface area contributed by atoms with E-state index in [2.05, 4.69) is 11.0 Å². The van der Waals surface area contributed by atoms with Crippen LogP contribution in [-0.4, -0.2) is 27.0 Å². The van der Waals surface area contributed by atoms with Gasteiger partial charge in [0.2, 0.25) is 10.0 Å². The third kappa shape index (κ3) is 5.09. The quantitative estimate of drug-likeness (QED) is 0.685. The van der Waals surface area contributed by atoms with Crippen molar-refractivity contribution in [1.82, 2.24) is 4.72 Å². The summed E-state index contributed by atoms with van der Waals surface area (Å²) in [6.45, 7) is 2.79. The summed E-state index contributed by atoms with van der Waals surface area (Å²) < 4.78 is 27.4. The molecule has 0 radical (unpaired) electrons. The summed E-state index contributed by atoms with van der Waals surface area (Å²) in [5.74, 6) is 1.06. The highest BCUT2D eigenvalue weighted by atomic mass is 32.2. The molecule has 0 heterocycles. The fraction of sp³-hybridized carbons (Fsp3) is 0.571. The molecule has 0 saturated carbocycles. The molecule has 4 nitrogen and oxygen atoms in total. The highest BCUT2D eigenvalue weighted by Crippen LogP contribution is 2.18. The van der Waals surface area contributed by atoms with Gasteiger partial charge in [0.05, 0.1) is 4.90 Å². The van der Waals surface area contributed by atoms with E-state index in [-0.39, 0.29) is 0 Å². The molecule has 3 N–H and O–H groups in total. The number of hydrogen-bond acceptors (Lipinski definition) is 4. The Bertz CT molecular complexity index is 516. The lowest BCUT2D eigenvalue weighted by atomic mass is 10.1. The number of nitrogens with one attached hydrogen (secondary N) is 1. The van der Waals surface area contributed by atoms with Gasteiger partial charge in [0.1, 0.15) is 0 Å². The minimum absolute atomic E-state index is 0.347. The van der Waals surface area contributed by atoms with Crippen molar-refractivity contribution in [2.24, 2.45) is 5.73 Å². The van der Waals surface area contributed by atoms with Gasteiger partial charge in [0.25, 0.3) is 0 Å². The number of benzene rings is 1. The first-order valence-corrected chi connectivity index (χ1v) is 9.73. The van der Waals surface area contributed by atoms with Gasteiger partial charge in [0, 0.05) is 13.1 Å². The van der Waals surface area contributed by atoms with Gasteiger partial charge in [0.15, 0.2) is 0 Å². The first-order chi connectivity index (χ1) is 9.55. The Labute approximate surface area is 126 Å². The highest BCUT2D eigenvalue weighted by Gasteiger charge is 2.17. The van der Waals surface area contributed by atoms with E-state index in [1.54, 1.807) is 17.8 Å². The Kier molecular flexibility index (Phi) is 7.58. The maximum absolute atomic E-state index is 12.4. The van der Waals surface area contributed by atoms with Crippen LogP contribution in [0.25, 0.3) is 0 Å². The van der Waals surface area contributed by atoms with E-state index in [9.17, 15) is 8.42 Å². The summed E-state index contributed by atoms with van der Waals surface area (Å²) >= 11 is 1.78. The Balaban J connectivity index is 2.80. The summed E-state index contributed by atoms with van der Waals surface area (Å²) in [5.41, 5.74) is 7.26. The van der Waals surface area contributed by atoms with Crippen LogP contribution >= 0.6 is 11.8 Å². The van der Waals surface area contributed by atoms with Crippen LogP contribution in [0.2, 0.25) is 0 Å². The maximum atomic E-state index is 12.4. The molecular weight excluding hydrogens is 292 g/mol. The van der Waals surface area contributed by atoms with E-state index in [1.807, 2.05) is 19.1 Å². The van der Waals surface area contributed by atoms with Gasteiger partial charge in [-0.05, 0) is 48.5 Å². The van der Waals surface area contributed by atoms with Gasteiger partial charge in [-0.25, -0.2) is 13.1 Å². The lowest BCUT2D eigenvalue weighted by molar-refractivity contribution is 0.577. The third-order valence-corrected chi connectivity index (χ3v) is 5.35. The topological polar surface area (TPSA) is 72.2 Å². The average molecular weight is 316 g/mol. The van der Waals surface area contributed by atoms with Gasteiger partial charge in [-0.2, -0.15) is 11.8 Å². The first-order valence-electron chi connectivity index (χ1n) is 6.85. The summed E-state index contributed by atoms with van der Waals surface area (Å²) in [6, 6.07) is 5.42. The molecule has 0 amide bonds. The van der Waals surface area contributed by atoms with Crippen molar-refractivity contribution in [2.75, 3.05) is 18.6 Å². The number of unbranched alkanes of at least 4 members (excludes halogenated alkanes) is 1. The van der Waals surface area contributed by atoms with E-state index in [0.29, 0.717) is 24.4 Å². The molecule has 20 heavy (non-hydrogen) atoms. The second-order valence-corrected chi connectivity index (χ2v) is 7.32. The molecular formula is C14H24N2O2S2. The van der Waals surface area contributed by atoms with Crippen molar-refractivity contribution in [3.63, 3.8) is 0 Å². The van der Waals surface area contributed by atoms with E-state index < -0.39 is 10.0 Å². The van der Waals surface area contributed by atoms with E-state index in [4.69, 9.17) is 5.73 Å². The third-order valence-electron chi connectivity index (χ3n) is 3.11. The van der Waals surface area contributed by atoms with Crippen LogP contribution in [0.3, 0.4) is 0 Å². The number of nitrogens with two attached hydrogens (primary N) is 1. The number of aryl methyl sites for hydroxylation is 1. The molecule has 0 bridgehead atoms. The molecule has 0 atom stereocenters. The van der Waals surface area contributed by atoms with Gasteiger partial charge < -0.3 is 5.73 Å². The van der Waals surface area contributed by atoms with Crippen molar-refractivity contribution in [3.8, 4) is 0 Å². The second-order valence-electron chi connectivity index (χ2n) is 4.60. The Morgan fingerprint density at radius 3 is 2.65 bits per heavy atom. The van der Waals surface area contributed by atoms with Crippen LogP contribution in [0, 0.1) is 0 Å². The molecule has 0 aliphatic rings. The fourth-order valence-electron chi connectivity index (χ4n) is 1.92. The van der Waals surface area contributed by atoms with E-state index in [0.717, 1.165) is 29.7 Å². The number of sulfonamides is 1. The molecule has 1 rings (SSSR count). The van der Waals surface area contributed by atoms with Crippen molar-refractivity contribution in [1.29, 1.82) is 0 Å². The largest absolute Gasteiger partial charge is 0.326 e. The first kappa shape index (κ1) is 17.5. The molecule has 0 aliphatic carbocycles. The molecule has 1 aromatic carbocycles. The lowest BCUT2D eigenvalue weighted by Gasteiger charge is -2.12. The van der Waals surface area contributed by atoms with Crippen molar-refractivity contribution in [3.05, 3.63) is 29.3 Å². The SMILES string of the molecule is CCc1ccc(CN)cc1S(=O)(=O)NCCCCSC. The van der Waals surface area contributed by atoms with E-state index >= 15 is 0 Å². The number of rotatable bonds is 9. The zero-order valence-corrected chi connectivity index (χ0v) is 13.8. The van der Waals surface area contributed by atoms with Crippen LogP contribution in [0.4, 0.5) is 0 Å². The standard InChI is InChI=1S/C14H24N2O2S2/c1-3-13-7-6-12(11-15)10-14(13)20(17,18)16-8-4-5-9-19-2/h6-7,10,16H,3-5,8-9,11,15H2,1-2H3. The molecule has 0 unspecified atom stereocenters. The summed E-state index contributed by atoms with van der Waals surface area (Å²) in [6.07, 6.45) is 4.62. The minimum Gasteiger partial charge on any atom is -0.326 e. The van der Waals surface area contributed by atoms with Gasteiger partial charge in [-0.1, -0.05) is 19.1 Å². The van der Waals surface area contributed by atoms with Crippen molar-refractivity contribution < 1.29 is 8.42 Å². The highest BCUT2D eigenvalue weighted by molar-refractivity contribution is 7.98. The fourth-order valence-corrected chi connectivity index (χ4v) is 3.85. The zero-order valence-electron chi connectivity index (χ0n) is 12.2. The number of hydrogen-bond donors (Lipinski definition) is 2.